The van der Waals surface area contributed by atoms with Crippen molar-refractivity contribution in [1.82, 2.24) is 0 Å². The van der Waals surface area contributed by atoms with Gasteiger partial charge in [0.1, 0.15) is 0 Å². The monoisotopic (exact) mass is 123 g/mol. The van der Waals surface area contributed by atoms with E-state index in [1.54, 1.807) is 0 Å². The van der Waals surface area contributed by atoms with E-state index in [2.05, 4.69) is 12.6 Å². The van der Waals surface area contributed by atoms with Crippen LogP contribution in [-0.4, -0.2) is 21.5 Å². The molecule has 0 aromatic carbocycles. The lowest BCUT2D eigenvalue weighted by atomic mass is 10.5. The molecule has 0 spiro atoms. The van der Waals surface area contributed by atoms with Gasteiger partial charge in [-0.3, -0.25) is 0 Å². The quantitative estimate of drug-likeness (QED) is 0.272. The molecular formula is C3H7OS2+. The third kappa shape index (κ3) is 0.832. The molecule has 1 N–H and O–H groups in total. The first-order valence-electron chi connectivity index (χ1n) is 1.79. The summed E-state index contributed by atoms with van der Waals surface area (Å²) >= 11 is 5.06. The van der Waals surface area contributed by atoms with Crippen LogP contribution >= 0.6 is 12.6 Å². The summed E-state index contributed by atoms with van der Waals surface area (Å²) in [5.41, 5.74) is 0. The van der Waals surface area contributed by atoms with Gasteiger partial charge in [0.05, 0.1) is 5.75 Å². The molecule has 0 saturated carbocycles. The highest BCUT2D eigenvalue weighted by Crippen LogP contribution is 2.24. The Morgan fingerprint density at radius 2 is 2.50 bits per heavy atom. The molecule has 1 nitrogen and oxygen atoms in total. The minimum Gasteiger partial charge on any atom is -0.343 e. The van der Waals surface area contributed by atoms with Crippen LogP contribution in [0.15, 0.2) is 0 Å². The number of thiol groups is 2. The van der Waals surface area contributed by atoms with Gasteiger partial charge in [-0.05, 0) is 0 Å². The molecule has 0 amide bonds. The van der Waals surface area contributed by atoms with Crippen molar-refractivity contribution in [2.24, 2.45) is 0 Å². The third-order valence-corrected chi connectivity index (χ3v) is 2.75. The summed E-state index contributed by atoms with van der Waals surface area (Å²) in [6.07, 6.45) is 0. The molecule has 0 radical (unpaired) electrons. The molecule has 1 aliphatic heterocycles. The van der Waals surface area contributed by atoms with Crippen LogP contribution in [-0.2, 0) is 11.8 Å². The summed E-state index contributed by atoms with van der Waals surface area (Å²) in [5, 5.41) is 8.85. The van der Waals surface area contributed by atoms with Crippen molar-refractivity contribution in [3.05, 3.63) is 0 Å². The zero-order valence-electron chi connectivity index (χ0n) is 3.26. The molecule has 6 heavy (non-hydrogen) atoms. The zero-order valence-corrected chi connectivity index (χ0v) is 5.04. The van der Waals surface area contributed by atoms with Gasteiger partial charge in [0.15, 0.2) is 5.75 Å². The first-order valence-corrected chi connectivity index (χ1v) is 3.50. The Bertz CT molecular complexity index is 59.8. The van der Waals surface area contributed by atoms with E-state index >= 15 is 0 Å². The number of hydrogen-bond donors (Lipinski definition) is 2. The van der Waals surface area contributed by atoms with Crippen LogP contribution < -0.4 is 0 Å². The fourth-order valence-electron chi connectivity index (χ4n) is 0.191. The van der Waals surface area contributed by atoms with Crippen molar-refractivity contribution in [3.8, 4) is 0 Å². The zero-order chi connectivity index (χ0) is 4.62. The fourth-order valence-corrected chi connectivity index (χ4v) is 1.17. The van der Waals surface area contributed by atoms with Gasteiger partial charge in [-0.15, -0.1) is 0 Å². The minimum atomic E-state index is -0.372. The molecule has 0 aromatic rings. The smallest absolute Gasteiger partial charge is 0.277 e. The fraction of sp³-hybridized carbons (Fsp3) is 1.00. The summed E-state index contributed by atoms with van der Waals surface area (Å²) in [4.78, 5) is -0.372. The summed E-state index contributed by atoms with van der Waals surface area (Å²) in [6, 6.07) is 0. The van der Waals surface area contributed by atoms with Gasteiger partial charge in [0.2, 0.25) is 0 Å². The molecule has 0 unspecified atom stereocenters. The summed E-state index contributed by atoms with van der Waals surface area (Å²) in [6.45, 7) is 0. The lowest BCUT2D eigenvalue weighted by molar-refractivity contribution is 0.218. The van der Waals surface area contributed by atoms with Gasteiger partial charge in [0, 0.05) is 11.8 Å². The SMILES string of the molecule is O[C@@]1(CS)C[SH+]1. The van der Waals surface area contributed by atoms with Crippen molar-refractivity contribution in [3.63, 3.8) is 0 Å². The molecular weight excluding hydrogens is 116 g/mol. The summed E-state index contributed by atoms with van der Waals surface area (Å²) in [7, 11) is 0. The Labute approximate surface area is 46.5 Å². The highest BCUT2D eigenvalue weighted by atomic mass is 32.2. The maximum atomic E-state index is 8.85. The van der Waals surface area contributed by atoms with Crippen LogP contribution in [0.5, 0.6) is 0 Å². The van der Waals surface area contributed by atoms with Crippen LogP contribution in [0.4, 0.5) is 0 Å². The number of aliphatic hydroxyl groups is 1. The standard InChI is InChI=1S/C3H6OS2/c4-3(1-5)2-6-3/h4-5H,1-2H2/p+1/t3-/m1/s1. The second-order valence-electron chi connectivity index (χ2n) is 1.46. The Morgan fingerprint density at radius 1 is 2.00 bits per heavy atom. The van der Waals surface area contributed by atoms with Gasteiger partial charge in [0.25, 0.3) is 4.93 Å². The molecule has 1 aliphatic rings. The van der Waals surface area contributed by atoms with E-state index < -0.39 is 0 Å². The van der Waals surface area contributed by atoms with Crippen LogP contribution in [0.1, 0.15) is 0 Å². The molecule has 1 atom stereocenters. The average molecular weight is 123 g/mol. The molecule has 1 rings (SSSR count). The molecule has 1 fully saturated rings. The predicted molar refractivity (Wildman–Crippen MR) is 32.4 cm³/mol. The van der Waals surface area contributed by atoms with Crippen LogP contribution in [0.25, 0.3) is 0 Å². The van der Waals surface area contributed by atoms with E-state index in [0.717, 1.165) is 17.5 Å². The van der Waals surface area contributed by atoms with Gasteiger partial charge in [-0.2, -0.15) is 12.6 Å². The Morgan fingerprint density at radius 3 is 2.50 bits per heavy atom. The van der Waals surface area contributed by atoms with E-state index in [-0.39, 0.29) is 4.93 Å². The van der Waals surface area contributed by atoms with E-state index in [0.29, 0.717) is 5.75 Å². The third-order valence-electron chi connectivity index (χ3n) is 0.776. The van der Waals surface area contributed by atoms with Crippen molar-refractivity contribution < 1.29 is 5.11 Å². The molecule has 1 heterocycles. The molecule has 0 bridgehead atoms. The van der Waals surface area contributed by atoms with Crippen molar-refractivity contribution >= 4 is 24.4 Å². The van der Waals surface area contributed by atoms with Crippen molar-refractivity contribution in [2.45, 2.75) is 4.93 Å². The Hall–Kier alpha value is 0.660. The molecule has 36 valence electrons. The average Bonchev–Trinajstić information content (AvgIpc) is 2.22. The molecule has 0 aliphatic carbocycles. The second kappa shape index (κ2) is 1.32. The number of hydrogen-bond acceptors (Lipinski definition) is 2. The van der Waals surface area contributed by atoms with E-state index in [1.165, 1.54) is 0 Å². The molecule has 1 saturated heterocycles. The van der Waals surface area contributed by atoms with Gasteiger partial charge >= 0.3 is 0 Å². The van der Waals surface area contributed by atoms with E-state index in [9.17, 15) is 0 Å². The summed E-state index contributed by atoms with van der Waals surface area (Å²) < 4.78 is 0. The van der Waals surface area contributed by atoms with Gasteiger partial charge < -0.3 is 5.11 Å². The van der Waals surface area contributed by atoms with Gasteiger partial charge in [-0.1, -0.05) is 0 Å². The summed E-state index contributed by atoms with van der Waals surface area (Å²) in [5.74, 6) is 1.55. The molecule has 0 aromatic heterocycles. The van der Waals surface area contributed by atoms with Crippen LogP contribution in [0.2, 0.25) is 0 Å². The largest absolute Gasteiger partial charge is 0.343 e. The van der Waals surface area contributed by atoms with Crippen molar-refractivity contribution in [2.75, 3.05) is 11.5 Å². The molecule has 3 heteroatoms. The maximum Gasteiger partial charge on any atom is 0.277 e. The van der Waals surface area contributed by atoms with E-state index in [1.807, 2.05) is 0 Å². The van der Waals surface area contributed by atoms with Crippen LogP contribution in [0.3, 0.4) is 0 Å². The normalized spacial score (nSPS) is 43.0. The predicted octanol–water partition coefficient (Wildman–Crippen LogP) is -0.567. The van der Waals surface area contributed by atoms with Gasteiger partial charge in [-0.25, -0.2) is 0 Å². The minimum absolute atomic E-state index is 0.372. The first-order chi connectivity index (χ1) is 2.77. The topological polar surface area (TPSA) is 20.2 Å². The Balaban J connectivity index is 2.28. The Kier molecular flexibility index (Phi) is 1.06. The lowest BCUT2D eigenvalue weighted by Gasteiger charge is -1.84. The first kappa shape index (κ1) is 4.81. The highest BCUT2D eigenvalue weighted by molar-refractivity contribution is 7.89. The number of rotatable bonds is 1. The second-order valence-corrected chi connectivity index (χ2v) is 3.24. The lowest BCUT2D eigenvalue weighted by Crippen LogP contribution is -2.09. The maximum absolute atomic E-state index is 8.85. The van der Waals surface area contributed by atoms with Crippen LogP contribution in [0, 0.1) is 0 Å². The highest BCUT2D eigenvalue weighted by Gasteiger charge is 2.52. The van der Waals surface area contributed by atoms with E-state index in [4.69, 9.17) is 5.11 Å². The van der Waals surface area contributed by atoms with Crippen molar-refractivity contribution in [1.29, 1.82) is 0 Å².